The van der Waals surface area contributed by atoms with Crippen molar-refractivity contribution in [2.75, 3.05) is 47.5 Å². The van der Waals surface area contributed by atoms with Crippen molar-refractivity contribution in [2.45, 2.75) is 161 Å². The first-order chi connectivity index (χ1) is 28.4. The highest BCUT2D eigenvalue weighted by atomic mass is 31.2. The van der Waals surface area contributed by atoms with Gasteiger partial charge in [0.15, 0.2) is 6.10 Å². The van der Waals surface area contributed by atoms with Gasteiger partial charge in [-0.15, -0.1) is 0 Å². The van der Waals surface area contributed by atoms with Crippen LogP contribution in [0.25, 0.3) is 0 Å². The lowest BCUT2D eigenvalue weighted by molar-refractivity contribution is -0.870. The standard InChI is InChI=1S/C48H82NO9P/c1-6-8-10-12-14-15-16-17-18-19-20-24-27-31-35-39-47(51)55-43-46(44-57-59(53,54)56-42-41-49(3,4)5)58-48(52)40-36-32-28-25-22-21-23-26-30-34-38-45(50)37-33-29-13-11-9-7-2/h9,11,17-18,21-22,26,28-30,32-34,38,45-46,50H,6-8,10,12-16,19-20,23-25,27,31,35-37,39-44H2,1-5H3/b11-9-,18-17-,22-21-,30-26-,32-28-,33-29-,38-34+. The van der Waals surface area contributed by atoms with Crippen molar-refractivity contribution in [3.05, 3.63) is 85.1 Å². The van der Waals surface area contributed by atoms with Crippen molar-refractivity contribution in [3.63, 3.8) is 0 Å². The number of carbonyl (C=O) groups is 2. The maximum Gasteiger partial charge on any atom is 0.306 e. The highest BCUT2D eigenvalue weighted by molar-refractivity contribution is 7.45. The largest absolute Gasteiger partial charge is 0.756 e. The van der Waals surface area contributed by atoms with E-state index in [1.165, 1.54) is 44.9 Å². The number of rotatable bonds is 39. The van der Waals surface area contributed by atoms with Crippen LogP contribution in [0.5, 0.6) is 0 Å². The molecule has 0 fully saturated rings. The normalized spacial score (nSPS) is 14.9. The number of allylic oxidation sites excluding steroid dienone is 12. The van der Waals surface area contributed by atoms with Crippen LogP contribution in [0.2, 0.25) is 0 Å². The second-order valence-electron chi connectivity index (χ2n) is 15.9. The summed E-state index contributed by atoms with van der Waals surface area (Å²) in [4.78, 5) is 37.5. The number of nitrogens with zero attached hydrogens (tertiary/aromatic N) is 1. The van der Waals surface area contributed by atoms with Gasteiger partial charge in [-0.25, -0.2) is 0 Å². The third kappa shape index (κ3) is 43.1. The number of carbonyl (C=O) groups excluding carboxylic acids is 2. The average molecular weight is 848 g/mol. The zero-order valence-electron chi connectivity index (χ0n) is 37.5. The molecule has 0 aliphatic rings. The molecule has 0 radical (unpaired) electrons. The van der Waals surface area contributed by atoms with Gasteiger partial charge in [-0.05, 0) is 70.6 Å². The lowest BCUT2D eigenvalue weighted by Crippen LogP contribution is -2.37. The molecular weight excluding hydrogens is 766 g/mol. The van der Waals surface area contributed by atoms with Crippen LogP contribution in [-0.4, -0.2) is 81.2 Å². The molecule has 0 rings (SSSR count). The van der Waals surface area contributed by atoms with Crippen molar-refractivity contribution in [3.8, 4) is 0 Å². The van der Waals surface area contributed by atoms with Crippen LogP contribution < -0.4 is 4.89 Å². The predicted octanol–water partition coefficient (Wildman–Crippen LogP) is 11.1. The van der Waals surface area contributed by atoms with Crippen LogP contribution in [0.15, 0.2) is 85.1 Å². The Kier molecular flexibility index (Phi) is 37.4. The second-order valence-corrected chi connectivity index (χ2v) is 17.3. The first kappa shape index (κ1) is 56.1. The fraction of sp³-hybridized carbons (Fsp3) is 0.667. The van der Waals surface area contributed by atoms with E-state index in [1.54, 1.807) is 6.08 Å². The minimum Gasteiger partial charge on any atom is -0.756 e. The van der Waals surface area contributed by atoms with Crippen molar-refractivity contribution >= 4 is 19.8 Å². The zero-order valence-corrected chi connectivity index (χ0v) is 38.4. The number of aliphatic hydroxyl groups excluding tert-OH is 1. The van der Waals surface area contributed by atoms with E-state index in [2.05, 4.69) is 44.2 Å². The molecule has 338 valence electrons. The number of hydrogen-bond acceptors (Lipinski definition) is 9. The molecular formula is C48H82NO9P. The number of likely N-dealkylation sites (N-methyl/N-ethyl adjacent to an activating group) is 1. The number of quaternary nitrogens is 1. The smallest absolute Gasteiger partial charge is 0.306 e. The number of ether oxygens (including phenoxy) is 2. The van der Waals surface area contributed by atoms with Crippen LogP contribution in [0.3, 0.4) is 0 Å². The molecule has 0 saturated carbocycles. The van der Waals surface area contributed by atoms with Crippen molar-refractivity contribution < 1.29 is 47.2 Å². The Hall–Kier alpha value is -2.85. The molecule has 3 unspecified atom stereocenters. The van der Waals surface area contributed by atoms with Gasteiger partial charge in [0.05, 0.1) is 33.9 Å². The number of phosphoric acid groups is 1. The SMILES string of the molecule is CC/C=C\C/C=C\CC(O)/C=C/C=C\C/C=C\C/C=C\CCC(=O)OC(COC(=O)CCCCCCC/C=C\CCCCCCCC)COP(=O)([O-])OCC[N+](C)(C)C. The molecule has 1 N–H and O–H groups in total. The van der Waals surface area contributed by atoms with Crippen molar-refractivity contribution in [2.24, 2.45) is 0 Å². The lowest BCUT2D eigenvalue weighted by Gasteiger charge is -2.28. The summed E-state index contributed by atoms with van der Waals surface area (Å²) in [6.45, 7) is 3.91. The minimum atomic E-state index is -4.66. The number of hydrogen-bond donors (Lipinski definition) is 1. The van der Waals surface area contributed by atoms with Gasteiger partial charge in [-0.1, -0.05) is 150 Å². The quantitative estimate of drug-likeness (QED) is 0.0160. The fourth-order valence-electron chi connectivity index (χ4n) is 5.46. The van der Waals surface area contributed by atoms with Crippen LogP contribution in [0.4, 0.5) is 0 Å². The number of aliphatic hydroxyl groups is 1. The molecule has 0 aromatic heterocycles. The number of esters is 2. The number of unbranched alkanes of at least 4 members (excludes halogenated alkanes) is 11. The van der Waals surface area contributed by atoms with Gasteiger partial charge >= 0.3 is 11.9 Å². The van der Waals surface area contributed by atoms with Gasteiger partial charge < -0.3 is 33.0 Å². The summed E-state index contributed by atoms with van der Waals surface area (Å²) >= 11 is 0. The molecule has 0 amide bonds. The molecule has 0 heterocycles. The molecule has 0 aromatic rings. The van der Waals surface area contributed by atoms with E-state index in [1.807, 2.05) is 69.8 Å². The molecule has 0 aromatic carbocycles. The summed E-state index contributed by atoms with van der Waals surface area (Å²) < 4.78 is 33.8. The van der Waals surface area contributed by atoms with Crippen LogP contribution in [-0.2, 0) is 32.7 Å². The van der Waals surface area contributed by atoms with E-state index in [0.717, 1.165) is 51.4 Å². The first-order valence-corrected chi connectivity index (χ1v) is 23.9. The molecule has 10 nitrogen and oxygen atoms in total. The Bertz CT molecular complexity index is 1300. The van der Waals surface area contributed by atoms with Crippen LogP contribution >= 0.6 is 7.82 Å². The second kappa shape index (κ2) is 39.3. The van der Waals surface area contributed by atoms with Crippen LogP contribution in [0, 0.1) is 0 Å². The minimum absolute atomic E-state index is 0.0591. The summed E-state index contributed by atoms with van der Waals surface area (Å²) in [6.07, 6.45) is 46.5. The zero-order chi connectivity index (χ0) is 43.7. The molecule has 3 atom stereocenters. The lowest BCUT2D eigenvalue weighted by atomic mass is 10.1. The highest BCUT2D eigenvalue weighted by Gasteiger charge is 2.21. The monoisotopic (exact) mass is 848 g/mol. The Balaban J connectivity index is 4.57. The van der Waals surface area contributed by atoms with Gasteiger partial charge in [-0.3, -0.25) is 14.2 Å². The summed E-state index contributed by atoms with van der Waals surface area (Å²) in [5.41, 5.74) is 0. The van der Waals surface area contributed by atoms with Crippen LogP contribution in [0.1, 0.15) is 149 Å². The molecule has 59 heavy (non-hydrogen) atoms. The van der Waals surface area contributed by atoms with Gasteiger partial charge in [0.25, 0.3) is 7.82 Å². The van der Waals surface area contributed by atoms with Gasteiger partial charge in [0.1, 0.15) is 19.8 Å². The van der Waals surface area contributed by atoms with Gasteiger partial charge in [0, 0.05) is 12.8 Å². The summed E-state index contributed by atoms with van der Waals surface area (Å²) in [5, 5.41) is 10.0. The highest BCUT2D eigenvalue weighted by Crippen LogP contribution is 2.38. The maximum atomic E-state index is 12.7. The fourth-order valence-corrected chi connectivity index (χ4v) is 6.19. The van der Waals surface area contributed by atoms with E-state index < -0.39 is 38.6 Å². The first-order valence-electron chi connectivity index (χ1n) is 22.4. The van der Waals surface area contributed by atoms with E-state index in [0.29, 0.717) is 36.7 Å². The molecule has 0 aliphatic carbocycles. The van der Waals surface area contributed by atoms with E-state index in [9.17, 15) is 24.2 Å². The summed E-state index contributed by atoms with van der Waals surface area (Å²) in [6, 6.07) is 0. The Labute approximate surface area is 359 Å². The summed E-state index contributed by atoms with van der Waals surface area (Å²) in [5.74, 6) is -0.980. The third-order valence-corrected chi connectivity index (χ3v) is 9.96. The van der Waals surface area contributed by atoms with Gasteiger partial charge in [0.2, 0.25) is 0 Å². The van der Waals surface area contributed by atoms with E-state index in [-0.39, 0.29) is 26.1 Å². The summed E-state index contributed by atoms with van der Waals surface area (Å²) in [7, 11) is 1.07. The van der Waals surface area contributed by atoms with E-state index >= 15 is 0 Å². The van der Waals surface area contributed by atoms with Crippen molar-refractivity contribution in [1.82, 2.24) is 0 Å². The average Bonchev–Trinajstić information content (AvgIpc) is 3.18. The molecule has 0 spiro atoms. The third-order valence-electron chi connectivity index (χ3n) is 8.99. The topological polar surface area (TPSA) is 131 Å². The molecule has 0 saturated heterocycles. The molecule has 11 heteroatoms. The Morgan fingerprint density at radius 3 is 1.88 bits per heavy atom. The van der Waals surface area contributed by atoms with E-state index in [4.69, 9.17) is 18.5 Å². The Morgan fingerprint density at radius 1 is 0.644 bits per heavy atom. The maximum absolute atomic E-state index is 12.7. The Morgan fingerprint density at radius 2 is 1.22 bits per heavy atom. The molecule has 0 bridgehead atoms. The number of phosphoric ester groups is 1. The predicted molar refractivity (Wildman–Crippen MR) is 242 cm³/mol. The molecule has 0 aliphatic heterocycles. The van der Waals surface area contributed by atoms with Gasteiger partial charge in [-0.2, -0.15) is 0 Å². The van der Waals surface area contributed by atoms with Crippen molar-refractivity contribution in [1.29, 1.82) is 0 Å².